The number of Topliss-reactive ketones (excluding diaryl/α,β-unsaturated/α-hetero) is 1. The molecule has 3 heterocycles. The molecule has 0 unspecified atom stereocenters. The summed E-state index contributed by atoms with van der Waals surface area (Å²) < 4.78 is 27.9. The Balaban J connectivity index is 1.09. The van der Waals surface area contributed by atoms with Crippen LogP contribution in [0.2, 0.25) is 0 Å². The molecule has 0 aliphatic carbocycles. The van der Waals surface area contributed by atoms with E-state index in [2.05, 4.69) is 46.2 Å². The molecule has 5 aromatic rings. The topological polar surface area (TPSA) is 102 Å². The molecule has 0 atom stereocenters. The van der Waals surface area contributed by atoms with Gasteiger partial charge in [-0.3, -0.25) is 14.4 Å². The summed E-state index contributed by atoms with van der Waals surface area (Å²) in [7, 11) is 0. The van der Waals surface area contributed by atoms with Gasteiger partial charge in [0.25, 0.3) is 0 Å². The molecule has 0 amide bonds. The highest BCUT2D eigenvalue weighted by atomic mass is 19.1. The van der Waals surface area contributed by atoms with Crippen LogP contribution in [0.25, 0.3) is 22.2 Å². The van der Waals surface area contributed by atoms with Gasteiger partial charge in [-0.1, -0.05) is 57.2 Å². The Morgan fingerprint density at radius 3 is 2.55 bits per heavy atom. The van der Waals surface area contributed by atoms with Crippen LogP contribution in [0.3, 0.4) is 0 Å². The molecule has 0 spiro atoms. The molecule has 1 N–H and O–H groups in total. The van der Waals surface area contributed by atoms with Gasteiger partial charge in [-0.2, -0.15) is 0 Å². The normalized spacial score (nSPS) is 14.2. The number of hydrogen-bond acceptors (Lipinski definition) is 7. The fourth-order valence-electron chi connectivity index (χ4n) is 6.40. The number of benzene rings is 3. The van der Waals surface area contributed by atoms with Crippen LogP contribution in [0.4, 0.5) is 4.39 Å². The number of aromatic amines is 1. The first-order valence-electron chi connectivity index (χ1n) is 17.1. The third kappa shape index (κ3) is 8.08. The fraction of sp³-hybridized carbons (Fsp3) is 0.385. The minimum atomic E-state index is -0.496. The maximum atomic E-state index is 14.3. The van der Waals surface area contributed by atoms with Crippen molar-refractivity contribution in [1.29, 1.82) is 0 Å². The average Bonchev–Trinajstić information content (AvgIpc) is 3.69. The van der Waals surface area contributed by atoms with E-state index in [0.29, 0.717) is 45.9 Å². The maximum absolute atomic E-state index is 14.3. The van der Waals surface area contributed by atoms with Crippen molar-refractivity contribution < 1.29 is 23.5 Å². The van der Waals surface area contributed by atoms with Gasteiger partial charge in [0.1, 0.15) is 28.7 Å². The quantitative estimate of drug-likeness (QED) is 0.105. The highest BCUT2D eigenvalue weighted by molar-refractivity contribution is 6.07. The second-order valence-electron chi connectivity index (χ2n) is 13.8. The van der Waals surface area contributed by atoms with Crippen molar-refractivity contribution in [3.05, 3.63) is 95.1 Å². The van der Waals surface area contributed by atoms with E-state index in [1.54, 1.807) is 25.1 Å². The highest BCUT2D eigenvalue weighted by Crippen LogP contribution is 2.34. The number of carbonyl (C=O) groups is 2. The Labute approximate surface area is 286 Å². The molecule has 6 rings (SSSR count). The lowest BCUT2D eigenvalue weighted by molar-refractivity contribution is 0.0454. The van der Waals surface area contributed by atoms with Gasteiger partial charge < -0.3 is 14.5 Å². The Morgan fingerprint density at radius 1 is 1.02 bits per heavy atom. The number of H-pyrrole nitrogens is 1. The molecule has 1 fully saturated rings. The van der Waals surface area contributed by atoms with E-state index in [4.69, 9.17) is 9.47 Å². The van der Waals surface area contributed by atoms with Crippen LogP contribution in [0.1, 0.15) is 85.4 Å². The lowest BCUT2D eigenvalue weighted by atomic mass is 9.95. The van der Waals surface area contributed by atoms with E-state index in [0.717, 1.165) is 43.8 Å². The molecule has 1 aliphatic heterocycles. The van der Waals surface area contributed by atoms with Crippen LogP contribution >= 0.6 is 0 Å². The molecule has 1 aliphatic rings. The number of nitrogens with zero attached hydrogens (tertiary/aromatic N) is 4. The summed E-state index contributed by atoms with van der Waals surface area (Å²) in [5.41, 5.74) is 4.91. The second-order valence-corrected chi connectivity index (χ2v) is 13.8. The average molecular weight is 666 g/mol. The predicted molar refractivity (Wildman–Crippen MR) is 187 cm³/mol. The summed E-state index contributed by atoms with van der Waals surface area (Å²) in [6.07, 6.45) is 3.88. The number of rotatable bonds is 12. The number of ether oxygens (including phenoxy) is 2. The van der Waals surface area contributed by atoms with Crippen molar-refractivity contribution in [3.8, 4) is 22.8 Å². The molecule has 2 aromatic heterocycles. The van der Waals surface area contributed by atoms with Crippen molar-refractivity contribution in [2.75, 3.05) is 19.7 Å². The first kappa shape index (κ1) is 34.0. The van der Waals surface area contributed by atoms with Gasteiger partial charge >= 0.3 is 5.97 Å². The zero-order chi connectivity index (χ0) is 34.7. The third-order valence-electron chi connectivity index (χ3n) is 9.03. The molecule has 0 saturated carbocycles. The SMILES string of the molecule is CC(=O)c1cccc(Oc2ccc(CN3CCC(Cn4cc(-c5c(C(=O)OCC(C)C)[nH]c6ccc(F)cc56)nn4)CC3)cc2C(C)C)c1. The van der Waals surface area contributed by atoms with Gasteiger partial charge in [0.15, 0.2) is 5.78 Å². The summed E-state index contributed by atoms with van der Waals surface area (Å²) in [6.45, 7) is 13.6. The molecular weight excluding hydrogens is 621 g/mol. The number of nitrogens with one attached hydrogen (secondary N) is 1. The van der Waals surface area contributed by atoms with Crippen LogP contribution in [-0.2, 0) is 17.8 Å². The van der Waals surface area contributed by atoms with Gasteiger partial charge in [0, 0.05) is 35.1 Å². The molecule has 256 valence electrons. The van der Waals surface area contributed by atoms with Crippen LogP contribution in [0.5, 0.6) is 11.5 Å². The Morgan fingerprint density at radius 2 is 1.82 bits per heavy atom. The molecule has 3 aromatic carbocycles. The number of esters is 1. The van der Waals surface area contributed by atoms with Gasteiger partial charge in [-0.15, -0.1) is 5.10 Å². The lowest BCUT2D eigenvalue weighted by Crippen LogP contribution is -2.34. The number of aromatic nitrogens is 4. The number of halogens is 1. The largest absolute Gasteiger partial charge is 0.461 e. The number of piperidine rings is 1. The lowest BCUT2D eigenvalue weighted by Gasteiger charge is -2.32. The maximum Gasteiger partial charge on any atom is 0.355 e. The number of likely N-dealkylation sites (tertiary alicyclic amines) is 1. The summed E-state index contributed by atoms with van der Waals surface area (Å²) in [5.74, 6) is 1.47. The minimum Gasteiger partial charge on any atom is -0.461 e. The van der Waals surface area contributed by atoms with Crippen LogP contribution in [-0.4, -0.2) is 56.3 Å². The van der Waals surface area contributed by atoms with Gasteiger partial charge in [0.2, 0.25) is 0 Å². The van der Waals surface area contributed by atoms with Gasteiger partial charge in [0.05, 0.1) is 12.8 Å². The number of ketones is 1. The minimum absolute atomic E-state index is 0.0117. The zero-order valence-electron chi connectivity index (χ0n) is 28.8. The summed E-state index contributed by atoms with van der Waals surface area (Å²) in [4.78, 5) is 30.5. The van der Waals surface area contributed by atoms with E-state index in [9.17, 15) is 14.0 Å². The van der Waals surface area contributed by atoms with E-state index in [1.165, 1.54) is 17.7 Å². The third-order valence-corrected chi connectivity index (χ3v) is 9.03. The molecule has 10 heteroatoms. The number of fused-ring (bicyclic) bond motifs is 1. The van der Waals surface area contributed by atoms with Crippen molar-refractivity contribution in [1.82, 2.24) is 24.9 Å². The summed E-state index contributed by atoms with van der Waals surface area (Å²) in [6, 6.07) is 18.1. The van der Waals surface area contributed by atoms with Crippen LogP contribution < -0.4 is 4.74 Å². The van der Waals surface area contributed by atoms with Gasteiger partial charge in [-0.05, 0) is 98.1 Å². The number of carbonyl (C=O) groups excluding carboxylic acids is 2. The smallest absolute Gasteiger partial charge is 0.355 e. The molecule has 49 heavy (non-hydrogen) atoms. The second kappa shape index (κ2) is 14.7. The predicted octanol–water partition coefficient (Wildman–Crippen LogP) is 8.41. The van der Waals surface area contributed by atoms with E-state index in [-0.39, 0.29) is 29.9 Å². The van der Waals surface area contributed by atoms with E-state index >= 15 is 0 Å². The van der Waals surface area contributed by atoms with Crippen molar-refractivity contribution >= 4 is 22.7 Å². The Hall–Kier alpha value is -4.83. The molecule has 1 saturated heterocycles. The molecule has 0 radical (unpaired) electrons. The molecular formula is C39H44FN5O4. The first-order chi connectivity index (χ1) is 23.5. The van der Waals surface area contributed by atoms with Crippen molar-refractivity contribution in [2.24, 2.45) is 11.8 Å². The molecule has 0 bridgehead atoms. The van der Waals surface area contributed by atoms with E-state index in [1.807, 2.05) is 42.9 Å². The van der Waals surface area contributed by atoms with Crippen molar-refractivity contribution in [2.45, 2.75) is 66.5 Å². The Kier molecular flexibility index (Phi) is 10.2. The summed E-state index contributed by atoms with van der Waals surface area (Å²) >= 11 is 0. The highest BCUT2D eigenvalue weighted by Gasteiger charge is 2.25. The Bertz CT molecular complexity index is 1950. The standard InChI is InChI=1S/C39H44FN5O4/c1-24(2)23-48-39(47)38-37(33-19-30(40)10-11-34(33)41-38)35-22-45(43-42-35)21-27-13-15-44(16-14-27)20-28-9-12-36(32(17-28)25(3)4)49-31-8-6-7-29(18-31)26(5)46/h6-12,17-19,22,24-25,27,41H,13-16,20-21,23H2,1-5H3. The van der Waals surface area contributed by atoms with Crippen LogP contribution in [0, 0.1) is 17.7 Å². The fourth-order valence-corrected chi connectivity index (χ4v) is 6.40. The van der Waals surface area contributed by atoms with Crippen LogP contribution in [0.15, 0.2) is 66.9 Å². The monoisotopic (exact) mass is 665 g/mol. The zero-order valence-corrected chi connectivity index (χ0v) is 28.8. The van der Waals surface area contributed by atoms with Gasteiger partial charge in [-0.25, -0.2) is 9.18 Å². The van der Waals surface area contributed by atoms with E-state index < -0.39 is 11.8 Å². The summed E-state index contributed by atoms with van der Waals surface area (Å²) in [5, 5.41) is 9.38. The number of hydrogen-bond donors (Lipinski definition) is 1. The first-order valence-corrected chi connectivity index (χ1v) is 17.1. The van der Waals surface area contributed by atoms with Crippen molar-refractivity contribution in [3.63, 3.8) is 0 Å². The molecule has 9 nitrogen and oxygen atoms in total.